The number of hydrogen-bond acceptors (Lipinski definition) is 6. The van der Waals surface area contributed by atoms with E-state index in [-0.39, 0.29) is 18.0 Å². The number of carbonyl (C=O) groups excluding carboxylic acids is 1. The normalized spacial score (nSPS) is 12.2. The third-order valence-electron chi connectivity index (χ3n) is 4.56. The molecule has 0 spiro atoms. The Morgan fingerprint density at radius 1 is 1.19 bits per heavy atom. The predicted octanol–water partition coefficient (Wildman–Crippen LogP) is 4.68. The standard InChI is InChI=1S/C23H31N3O5/c1-16(14-24)11-17-7-6-8-18(12-17)15-30-19-9-10-20(21(13-19)26(28)29)25(5)22(27)31-23(2,3)4/h6-10,12-13,16H,11,14-15,24H2,1-5H3. The smallest absolute Gasteiger partial charge is 0.414 e. The van der Waals surface area contributed by atoms with Crippen LogP contribution in [0.1, 0.15) is 38.8 Å². The first-order valence-corrected chi connectivity index (χ1v) is 10.2. The molecule has 0 radical (unpaired) electrons. The molecule has 0 aliphatic rings. The third-order valence-corrected chi connectivity index (χ3v) is 4.56. The third kappa shape index (κ3) is 7.25. The summed E-state index contributed by atoms with van der Waals surface area (Å²) in [5.41, 5.74) is 7.01. The van der Waals surface area contributed by atoms with E-state index in [2.05, 4.69) is 6.92 Å². The van der Waals surface area contributed by atoms with E-state index in [4.69, 9.17) is 15.2 Å². The van der Waals surface area contributed by atoms with Crippen molar-refractivity contribution in [3.8, 4) is 5.75 Å². The lowest BCUT2D eigenvalue weighted by atomic mass is 10.00. The van der Waals surface area contributed by atoms with Gasteiger partial charge in [0, 0.05) is 7.05 Å². The highest BCUT2D eigenvalue weighted by Gasteiger charge is 2.26. The van der Waals surface area contributed by atoms with E-state index >= 15 is 0 Å². The number of nitrogens with two attached hydrogens (primary N) is 1. The number of nitro groups is 1. The minimum absolute atomic E-state index is 0.129. The van der Waals surface area contributed by atoms with Crippen LogP contribution in [0, 0.1) is 16.0 Å². The van der Waals surface area contributed by atoms with Gasteiger partial charge in [-0.25, -0.2) is 4.79 Å². The van der Waals surface area contributed by atoms with Crippen LogP contribution in [0.15, 0.2) is 42.5 Å². The number of nitro benzene ring substituents is 1. The van der Waals surface area contributed by atoms with E-state index in [1.165, 1.54) is 24.7 Å². The molecule has 0 fully saturated rings. The maximum Gasteiger partial charge on any atom is 0.414 e. The molecule has 8 heteroatoms. The second-order valence-electron chi connectivity index (χ2n) is 8.60. The summed E-state index contributed by atoms with van der Waals surface area (Å²) in [4.78, 5) is 24.5. The van der Waals surface area contributed by atoms with Crippen molar-refractivity contribution < 1.29 is 19.2 Å². The highest BCUT2D eigenvalue weighted by Crippen LogP contribution is 2.32. The number of amides is 1. The number of ether oxygens (including phenoxy) is 2. The monoisotopic (exact) mass is 429 g/mol. The summed E-state index contributed by atoms with van der Waals surface area (Å²) >= 11 is 0. The van der Waals surface area contributed by atoms with Crippen LogP contribution in [0.4, 0.5) is 16.2 Å². The van der Waals surface area contributed by atoms with Gasteiger partial charge in [-0.3, -0.25) is 15.0 Å². The lowest BCUT2D eigenvalue weighted by molar-refractivity contribution is -0.384. The van der Waals surface area contributed by atoms with Crippen molar-refractivity contribution in [1.82, 2.24) is 0 Å². The van der Waals surface area contributed by atoms with Crippen molar-refractivity contribution in [2.75, 3.05) is 18.5 Å². The van der Waals surface area contributed by atoms with Crippen molar-refractivity contribution in [3.05, 3.63) is 63.7 Å². The zero-order valence-electron chi connectivity index (χ0n) is 18.8. The average molecular weight is 430 g/mol. The quantitative estimate of drug-likeness (QED) is 0.482. The molecule has 0 saturated heterocycles. The van der Waals surface area contributed by atoms with Gasteiger partial charge in [0.25, 0.3) is 5.69 Å². The van der Waals surface area contributed by atoms with Gasteiger partial charge in [0.05, 0.1) is 11.0 Å². The molecule has 0 saturated carbocycles. The van der Waals surface area contributed by atoms with E-state index in [0.29, 0.717) is 18.2 Å². The van der Waals surface area contributed by atoms with Gasteiger partial charge < -0.3 is 15.2 Å². The van der Waals surface area contributed by atoms with Gasteiger partial charge in [-0.05, 0) is 62.9 Å². The van der Waals surface area contributed by atoms with Crippen LogP contribution in [0.5, 0.6) is 5.75 Å². The van der Waals surface area contributed by atoms with E-state index in [9.17, 15) is 14.9 Å². The summed E-state index contributed by atoms with van der Waals surface area (Å²) in [7, 11) is 1.44. The van der Waals surface area contributed by atoms with Crippen LogP contribution in [0.25, 0.3) is 0 Å². The molecule has 2 N–H and O–H groups in total. The Labute approximate surface area is 183 Å². The first-order valence-electron chi connectivity index (χ1n) is 10.2. The Morgan fingerprint density at radius 3 is 2.48 bits per heavy atom. The fourth-order valence-corrected chi connectivity index (χ4v) is 2.95. The summed E-state index contributed by atoms with van der Waals surface area (Å²) in [5.74, 6) is 0.724. The molecular formula is C23H31N3O5. The molecule has 0 bridgehead atoms. The molecule has 0 aromatic heterocycles. The number of hydrogen-bond donors (Lipinski definition) is 1. The lowest BCUT2D eigenvalue weighted by Gasteiger charge is -2.24. The minimum atomic E-state index is -0.709. The van der Waals surface area contributed by atoms with E-state index in [1.807, 2.05) is 24.3 Å². The molecule has 2 aromatic carbocycles. The molecule has 1 unspecified atom stereocenters. The SMILES string of the molecule is CC(CN)Cc1cccc(COc2ccc(N(C)C(=O)OC(C)(C)C)c([N+](=O)[O-])c2)c1. The summed E-state index contributed by atoms with van der Waals surface area (Å²) in [6.45, 7) is 8.18. The van der Waals surface area contributed by atoms with Crippen molar-refractivity contribution in [2.24, 2.45) is 11.7 Å². The summed E-state index contributed by atoms with van der Waals surface area (Å²) < 4.78 is 11.1. The first-order chi connectivity index (χ1) is 14.5. The molecular weight excluding hydrogens is 398 g/mol. The number of rotatable bonds is 8. The summed E-state index contributed by atoms with van der Waals surface area (Å²) in [5, 5.41) is 11.6. The van der Waals surface area contributed by atoms with Crippen LogP contribution in [-0.2, 0) is 17.8 Å². The topological polar surface area (TPSA) is 108 Å². The first kappa shape index (κ1) is 24.1. The fraction of sp³-hybridized carbons (Fsp3) is 0.435. The average Bonchev–Trinajstić information content (AvgIpc) is 2.70. The Morgan fingerprint density at radius 2 is 1.87 bits per heavy atom. The van der Waals surface area contributed by atoms with Crippen molar-refractivity contribution in [3.63, 3.8) is 0 Å². The van der Waals surface area contributed by atoms with E-state index < -0.39 is 16.6 Å². The second kappa shape index (κ2) is 10.3. The number of benzene rings is 2. The van der Waals surface area contributed by atoms with Gasteiger partial charge in [0.1, 0.15) is 23.6 Å². The van der Waals surface area contributed by atoms with Crippen LogP contribution in [0.2, 0.25) is 0 Å². The Bertz CT molecular complexity index is 924. The van der Waals surface area contributed by atoms with Gasteiger partial charge >= 0.3 is 6.09 Å². The number of carbonyl (C=O) groups is 1. The zero-order valence-corrected chi connectivity index (χ0v) is 18.8. The molecule has 1 atom stereocenters. The largest absolute Gasteiger partial charge is 0.489 e. The molecule has 2 rings (SSSR count). The van der Waals surface area contributed by atoms with Crippen LogP contribution >= 0.6 is 0 Å². The lowest BCUT2D eigenvalue weighted by Crippen LogP contribution is -2.34. The molecule has 1 amide bonds. The molecule has 2 aromatic rings. The van der Waals surface area contributed by atoms with Gasteiger partial charge in [0.15, 0.2) is 0 Å². The van der Waals surface area contributed by atoms with Crippen molar-refractivity contribution in [2.45, 2.75) is 46.3 Å². The highest BCUT2D eigenvalue weighted by atomic mass is 16.6. The van der Waals surface area contributed by atoms with Gasteiger partial charge in [-0.2, -0.15) is 0 Å². The van der Waals surface area contributed by atoms with Crippen molar-refractivity contribution >= 4 is 17.5 Å². The number of anilines is 1. The van der Waals surface area contributed by atoms with Crippen molar-refractivity contribution in [1.29, 1.82) is 0 Å². The fourth-order valence-electron chi connectivity index (χ4n) is 2.95. The second-order valence-corrected chi connectivity index (χ2v) is 8.60. The Balaban J connectivity index is 2.15. The molecule has 8 nitrogen and oxygen atoms in total. The zero-order chi connectivity index (χ0) is 23.2. The van der Waals surface area contributed by atoms with E-state index in [1.54, 1.807) is 26.8 Å². The Kier molecular flexibility index (Phi) is 7.99. The molecule has 168 valence electrons. The van der Waals surface area contributed by atoms with E-state index in [0.717, 1.165) is 16.9 Å². The molecule has 0 aliphatic carbocycles. The minimum Gasteiger partial charge on any atom is -0.489 e. The van der Waals surface area contributed by atoms with Gasteiger partial charge in [-0.15, -0.1) is 0 Å². The van der Waals surface area contributed by atoms with Gasteiger partial charge in [-0.1, -0.05) is 31.2 Å². The van der Waals surface area contributed by atoms with Crippen LogP contribution in [-0.4, -0.2) is 30.2 Å². The van der Waals surface area contributed by atoms with Gasteiger partial charge in [0.2, 0.25) is 0 Å². The molecule has 31 heavy (non-hydrogen) atoms. The summed E-state index contributed by atoms with van der Waals surface area (Å²) in [6.07, 6.45) is 0.203. The maximum absolute atomic E-state index is 12.3. The maximum atomic E-state index is 12.3. The highest BCUT2D eigenvalue weighted by molar-refractivity contribution is 5.90. The number of nitrogens with zero attached hydrogens (tertiary/aromatic N) is 2. The Hall–Kier alpha value is -3.13. The van der Waals surface area contributed by atoms with Crippen LogP contribution in [0.3, 0.4) is 0 Å². The predicted molar refractivity (Wildman–Crippen MR) is 120 cm³/mol. The summed E-state index contributed by atoms with van der Waals surface area (Å²) in [6, 6.07) is 12.4. The van der Waals surface area contributed by atoms with Crippen LogP contribution < -0.4 is 15.4 Å². The molecule has 0 heterocycles. The molecule has 0 aliphatic heterocycles.